The third kappa shape index (κ3) is 2.24. The van der Waals surface area contributed by atoms with Gasteiger partial charge in [-0.1, -0.05) is 0 Å². The van der Waals surface area contributed by atoms with Gasteiger partial charge in [-0.3, -0.25) is 0 Å². The minimum Gasteiger partial charge on any atom is -0.494 e. The van der Waals surface area contributed by atoms with E-state index in [0.29, 0.717) is 0 Å². The maximum atomic E-state index is 13.4. The minimum absolute atomic E-state index is 0.214. The summed E-state index contributed by atoms with van der Waals surface area (Å²) in [5.41, 5.74) is 1.61. The van der Waals surface area contributed by atoms with Crippen LogP contribution in [-0.4, -0.2) is 17.2 Å². The molecule has 1 unspecified atom stereocenters. The van der Waals surface area contributed by atoms with Gasteiger partial charge in [0.05, 0.1) is 18.9 Å². The number of aliphatic hydroxyl groups is 1. The standard InChI is InChI=1S/C14H14FNO2S/c1-18-11-7-8(5-6-9(11)15)14-16-13-10(17)3-2-4-12(13)19-14/h5-7,10,17H,2-4H2,1H3. The number of aryl methyl sites for hydroxylation is 1. The van der Waals surface area contributed by atoms with Gasteiger partial charge < -0.3 is 9.84 Å². The number of halogens is 1. The van der Waals surface area contributed by atoms with E-state index in [1.807, 2.05) is 0 Å². The van der Waals surface area contributed by atoms with Crippen LogP contribution in [0.3, 0.4) is 0 Å². The van der Waals surface area contributed by atoms with Crippen LogP contribution in [0.15, 0.2) is 18.2 Å². The molecule has 1 N–H and O–H groups in total. The number of aliphatic hydroxyl groups excluding tert-OH is 1. The van der Waals surface area contributed by atoms with E-state index < -0.39 is 6.10 Å². The molecule has 0 saturated heterocycles. The van der Waals surface area contributed by atoms with Gasteiger partial charge in [0.25, 0.3) is 0 Å². The summed E-state index contributed by atoms with van der Waals surface area (Å²) in [5, 5.41) is 10.7. The van der Waals surface area contributed by atoms with Gasteiger partial charge in [-0.25, -0.2) is 9.37 Å². The number of aromatic nitrogens is 1. The fraction of sp³-hybridized carbons (Fsp3) is 0.357. The first-order chi connectivity index (χ1) is 9.19. The lowest BCUT2D eigenvalue weighted by molar-refractivity contribution is 0.153. The summed E-state index contributed by atoms with van der Waals surface area (Å²) in [6.45, 7) is 0. The quantitative estimate of drug-likeness (QED) is 0.917. The van der Waals surface area contributed by atoms with E-state index in [9.17, 15) is 9.50 Å². The molecule has 1 aromatic heterocycles. The summed E-state index contributed by atoms with van der Waals surface area (Å²) in [6, 6.07) is 4.71. The van der Waals surface area contributed by atoms with E-state index in [4.69, 9.17) is 4.74 Å². The highest BCUT2D eigenvalue weighted by Crippen LogP contribution is 2.37. The lowest BCUT2D eigenvalue weighted by Crippen LogP contribution is -2.07. The predicted octanol–water partition coefficient (Wildman–Crippen LogP) is 3.33. The first kappa shape index (κ1) is 12.6. The Hall–Kier alpha value is -1.46. The minimum atomic E-state index is -0.462. The van der Waals surface area contributed by atoms with Crippen LogP contribution in [0.25, 0.3) is 10.6 Å². The number of methoxy groups -OCH3 is 1. The molecule has 19 heavy (non-hydrogen) atoms. The topological polar surface area (TPSA) is 42.4 Å². The number of fused-ring (bicyclic) bond motifs is 1. The molecule has 1 heterocycles. The number of benzene rings is 1. The number of rotatable bonds is 2. The van der Waals surface area contributed by atoms with Crippen LogP contribution in [0.5, 0.6) is 5.75 Å². The second-order valence-corrected chi connectivity index (χ2v) is 5.67. The molecule has 0 bridgehead atoms. The molecule has 0 fully saturated rings. The summed E-state index contributed by atoms with van der Waals surface area (Å²) in [6.07, 6.45) is 2.25. The van der Waals surface area contributed by atoms with Crippen LogP contribution in [-0.2, 0) is 6.42 Å². The first-order valence-electron chi connectivity index (χ1n) is 6.20. The Morgan fingerprint density at radius 1 is 1.47 bits per heavy atom. The highest BCUT2D eigenvalue weighted by Gasteiger charge is 2.23. The Balaban J connectivity index is 2.03. The SMILES string of the molecule is COc1cc(-c2nc3c(s2)CCCC3O)ccc1F. The lowest BCUT2D eigenvalue weighted by atomic mass is 10.0. The van der Waals surface area contributed by atoms with Crippen LogP contribution in [0.4, 0.5) is 4.39 Å². The molecule has 2 aromatic rings. The van der Waals surface area contributed by atoms with E-state index >= 15 is 0 Å². The molecule has 0 spiro atoms. The van der Waals surface area contributed by atoms with Gasteiger partial charge in [-0.05, 0) is 37.5 Å². The Morgan fingerprint density at radius 3 is 3.05 bits per heavy atom. The number of hydrogen-bond acceptors (Lipinski definition) is 4. The second kappa shape index (κ2) is 4.90. The molecule has 3 rings (SSSR count). The number of nitrogens with zero attached hydrogens (tertiary/aromatic N) is 1. The molecule has 1 aromatic carbocycles. The predicted molar refractivity (Wildman–Crippen MR) is 72.0 cm³/mol. The summed E-state index contributed by atoms with van der Waals surface area (Å²) in [7, 11) is 1.44. The van der Waals surface area contributed by atoms with Crippen molar-refractivity contribution in [3.8, 4) is 16.3 Å². The van der Waals surface area contributed by atoms with E-state index in [2.05, 4.69) is 4.98 Å². The molecule has 0 radical (unpaired) electrons. The van der Waals surface area contributed by atoms with Crippen molar-refractivity contribution in [1.82, 2.24) is 4.98 Å². The maximum absolute atomic E-state index is 13.4. The summed E-state index contributed by atoms with van der Waals surface area (Å²) >= 11 is 1.57. The summed E-state index contributed by atoms with van der Waals surface area (Å²) in [5.74, 6) is -0.168. The van der Waals surface area contributed by atoms with E-state index in [0.717, 1.165) is 40.4 Å². The van der Waals surface area contributed by atoms with Crippen molar-refractivity contribution in [2.75, 3.05) is 7.11 Å². The zero-order chi connectivity index (χ0) is 13.4. The molecule has 1 aliphatic carbocycles. The van der Waals surface area contributed by atoms with Gasteiger partial charge in [0.15, 0.2) is 11.6 Å². The molecule has 100 valence electrons. The Labute approximate surface area is 114 Å². The third-order valence-corrected chi connectivity index (χ3v) is 4.50. The van der Waals surface area contributed by atoms with Gasteiger partial charge in [0, 0.05) is 10.4 Å². The maximum Gasteiger partial charge on any atom is 0.165 e. The first-order valence-corrected chi connectivity index (χ1v) is 7.02. The van der Waals surface area contributed by atoms with E-state index in [1.54, 1.807) is 23.5 Å². The molecule has 0 aliphatic heterocycles. The van der Waals surface area contributed by atoms with Crippen LogP contribution in [0.1, 0.15) is 29.5 Å². The Kier molecular flexibility index (Phi) is 3.24. The van der Waals surface area contributed by atoms with E-state index in [1.165, 1.54) is 13.2 Å². The van der Waals surface area contributed by atoms with E-state index in [-0.39, 0.29) is 11.6 Å². The monoisotopic (exact) mass is 279 g/mol. The summed E-state index contributed by atoms with van der Waals surface area (Å²) < 4.78 is 18.4. The summed E-state index contributed by atoms with van der Waals surface area (Å²) in [4.78, 5) is 5.63. The normalized spacial score (nSPS) is 18.2. The van der Waals surface area contributed by atoms with Gasteiger partial charge >= 0.3 is 0 Å². The molecule has 0 amide bonds. The fourth-order valence-electron chi connectivity index (χ4n) is 2.31. The van der Waals surface area contributed by atoms with Crippen molar-refractivity contribution < 1.29 is 14.2 Å². The Morgan fingerprint density at radius 2 is 2.32 bits per heavy atom. The molecular weight excluding hydrogens is 265 g/mol. The number of thiazole rings is 1. The van der Waals surface area contributed by atoms with Crippen molar-refractivity contribution in [1.29, 1.82) is 0 Å². The smallest absolute Gasteiger partial charge is 0.165 e. The highest BCUT2D eigenvalue weighted by atomic mass is 32.1. The fourth-order valence-corrected chi connectivity index (χ4v) is 3.47. The molecule has 3 nitrogen and oxygen atoms in total. The largest absolute Gasteiger partial charge is 0.494 e. The van der Waals surface area contributed by atoms with Gasteiger partial charge in [0.1, 0.15) is 5.01 Å². The molecule has 5 heteroatoms. The van der Waals surface area contributed by atoms with Crippen molar-refractivity contribution in [3.63, 3.8) is 0 Å². The molecule has 0 saturated carbocycles. The lowest BCUT2D eigenvalue weighted by Gasteiger charge is -2.14. The molecular formula is C14H14FNO2S. The average molecular weight is 279 g/mol. The van der Waals surface area contributed by atoms with Crippen LogP contribution >= 0.6 is 11.3 Å². The van der Waals surface area contributed by atoms with Crippen LogP contribution in [0.2, 0.25) is 0 Å². The molecule has 1 atom stereocenters. The zero-order valence-electron chi connectivity index (χ0n) is 10.5. The van der Waals surface area contributed by atoms with Crippen molar-refractivity contribution >= 4 is 11.3 Å². The second-order valence-electron chi connectivity index (χ2n) is 4.58. The van der Waals surface area contributed by atoms with Crippen LogP contribution < -0.4 is 4.74 Å². The van der Waals surface area contributed by atoms with Gasteiger partial charge in [-0.2, -0.15) is 0 Å². The van der Waals surface area contributed by atoms with Gasteiger partial charge in [0.2, 0.25) is 0 Å². The van der Waals surface area contributed by atoms with Gasteiger partial charge in [-0.15, -0.1) is 11.3 Å². The number of hydrogen-bond donors (Lipinski definition) is 1. The van der Waals surface area contributed by atoms with Crippen molar-refractivity contribution in [2.45, 2.75) is 25.4 Å². The Bertz CT molecular complexity index is 611. The van der Waals surface area contributed by atoms with Crippen molar-refractivity contribution in [3.05, 3.63) is 34.6 Å². The average Bonchev–Trinajstić information content (AvgIpc) is 2.85. The highest BCUT2D eigenvalue weighted by molar-refractivity contribution is 7.15. The molecule has 1 aliphatic rings. The van der Waals surface area contributed by atoms with Crippen LogP contribution in [0, 0.1) is 5.82 Å². The van der Waals surface area contributed by atoms with Crippen molar-refractivity contribution in [2.24, 2.45) is 0 Å². The third-order valence-electron chi connectivity index (χ3n) is 3.32. The number of ether oxygens (including phenoxy) is 1. The zero-order valence-corrected chi connectivity index (χ0v) is 11.3.